The van der Waals surface area contributed by atoms with Crippen molar-refractivity contribution in [3.05, 3.63) is 52.2 Å². The molecule has 1 fully saturated rings. The number of piperidine rings is 1. The van der Waals surface area contributed by atoms with E-state index in [0.717, 1.165) is 25.9 Å². The highest BCUT2D eigenvalue weighted by molar-refractivity contribution is 7.12. The molecule has 1 saturated heterocycles. The van der Waals surface area contributed by atoms with E-state index >= 15 is 0 Å². The van der Waals surface area contributed by atoms with E-state index in [9.17, 15) is 9.59 Å². The molecule has 0 bridgehead atoms. The fourth-order valence-electron chi connectivity index (χ4n) is 2.88. The number of nitrogens with one attached hydrogen (secondary N) is 1. The predicted octanol–water partition coefficient (Wildman–Crippen LogP) is 2.81. The first-order chi connectivity index (χ1) is 11.7. The predicted molar refractivity (Wildman–Crippen MR) is 96.4 cm³/mol. The van der Waals surface area contributed by atoms with Crippen LogP contribution in [0.25, 0.3) is 0 Å². The minimum atomic E-state index is -0.154. The summed E-state index contributed by atoms with van der Waals surface area (Å²) in [6.45, 7) is 2.17. The van der Waals surface area contributed by atoms with Crippen molar-refractivity contribution in [2.24, 2.45) is 11.7 Å². The number of nitrogens with zero attached hydrogens (tertiary/aromatic N) is 1. The van der Waals surface area contributed by atoms with Gasteiger partial charge in [-0.25, -0.2) is 0 Å². The molecule has 0 aliphatic carbocycles. The van der Waals surface area contributed by atoms with Crippen LogP contribution in [0, 0.1) is 5.92 Å². The van der Waals surface area contributed by atoms with Gasteiger partial charge in [0.1, 0.15) is 0 Å². The van der Waals surface area contributed by atoms with Gasteiger partial charge in [0.15, 0.2) is 0 Å². The lowest BCUT2D eigenvalue weighted by molar-refractivity contribution is 0.0693. The molecule has 2 heterocycles. The standard InChI is InChI=1S/C18H21N3O2S/c19-12-13-6-8-21(9-7-13)18(23)14-3-1-4-15(11-14)20-17(22)16-5-2-10-24-16/h1-5,10-11,13H,6-9,12,19H2,(H,20,22). The van der Waals surface area contributed by atoms with Gasteiger partial charge in [0, 0.05) is 24.3 Å². The molecule has 5 nitrogen and oxygen atoms in total. The molecule has 1 aliphatic rings. The third kappa shape index (κ3) is 3.83. The van der Waals surface area contributed by atoms with Crippen LogP contribution in [0.2, 0.25) is 0 Å². The number of rotatable bonds is 4. The summed E-state index contributed by atoms with van der Waals surface area (Å²) < 4.78 is 0. The fourth-order valence-corrected chi connectivity index (χ4v) is 3.50. The van der Waals surface area contributed by atoms with Crippen LogP contribution in [0.4, 0.5) is 5.69 Å². The number of hydrogen-bond acceptors (Lipinski definition) is 4. The quantitative estimate of drug-likeness (QED) is 0.896. The van der Waals surface area contributed by atoms with Gasteiger partial charge in [-0.3, -0.25) is 9.59 Å². The second-order valence-electron chi connectivity index (χ2n) is 5.98. The van der Waals surface area contributed by atoms with Gasteiger partial charge in [0.2, 0.25) is 0 Å². The van der Waals surface area contributed by atoms with Crippen molar-refractivity contribution in [3.8, 4) is 0 Å². The van der Waals surface area contributed by atoms with Crippen LogP contribution < -0.4 is 11.1 Å². The highest BCUT2D eigenvalue weighted by Gasteiger charge is 2.23. The molecule has 3 rings (SSSR count). The zero-order valence-corrected chi connectivity index (χ0v) is 14.2. The Kier molecular flexibility index (Phi) is 5.27. The molecule has 0 unspecified atom stereocenters. The SMILES string of the molecule is NCC1CCN(C(=O)c2cccc(NC(=O)c3cccs3)c2)CC1. The number of anilines is 1. The third-order valence-corrected chi connectivity index (χ3v) is 5.22. The monoisotopic (exact) mass is 343 g/mol. The Balaban J connectivity index is 1.66. The number of likely N-dealkylation sites (tertiary alicyclic amines) is 1. The lowest BCUT2D eigenvalue weighted by atomic mass is 9.96. The van der Waals surface area contributed by atoms with Crippen LogP contribution in [0.3, 0.4) is 0 Å². The first kappa shape index (κ1) is 16.7. The van der Waals surface area contributed by atoms with Crippen LogP contribution in [-0.4, -0.2) is 36.3 Å². The first-order valence-electron chi connectivity index (χ1n) is 8.11. The molecular formula is C18H21N3O2S. The average molecular weight is 343 g/mol. The molecule has 0 atom stereocenters. The highest BCUT2D eigenvalue weighted by atomic mass is 32.1. The van der Waals surface area contributed by atoms with Gasteiger partial charge in [0.25, 0.3) is 11.8 Å². The number of carbonyl (C=O) groups is 2. The van der Waals surface area contributed by atoms with E-state index in [1.807, 2.05) is 16.3 Å². The van der Waals surface area contributed by atoms with Gasteiger partial charge in [-0.15, -0.1) is 11.3 Å². The Morgan fingerprint density at radius 3 is 2.67 bits per heavy atom. The minimum Gasteiger partial charge on any atom is -0.339 e. The van der Waals surface area contributed by atoms with E-state index < -0.39 is 0 Å². The average Bonchev–Trinajstić information content (AvgIpc) is 3.16. The molecule has 1 aromatic heterocycles. The Bertz CT molecular complexity index is 707. The van der Waals surface area contributed by atoms with Crippen LogP contribution in [0.15, 0.2) is 41.8 Å². The topological polar surface area (TPSA) is 75.4 Å². The van der Waals surface area contributed by atoms with Gasteiger partial charge in [0.05, 0.1) is 4.88 Å². The minimum absolute atomic E-state index is 0.0118. The van der Waals surface area contributed by atoms with Gasteiger partial charge in [-0.05, 0) is 54.9 Å². The fraction of sp³-hybridized carbons (Fsp3) is 0.333. The third-order valence-electron chi connectivity index (χ3n) is 4.35. The van der Waals surface area contributed by atoms with Crippen molar-refractivity contribution in [1.29, 1.82) is 0 Å². The largest absolute Gasteiger partial charge is 0.339 e. The molecule has 2 aromatic rings. The summed E-state index contributed by atoms with van der Waals surface area (Å²) in [5.74, 6) is 0.376. The van der Waals surface area contributed by atoms with Crippen LogP contribution in [0.5, 0.6) is 0 Å². The van der Waals surface area contributed by atoms with E-state index in [0.29, 0.717) is 28.6 Å². The summed E-state index contributed by atoms with van der Waals surface area (Å²) in [7, 11) is 0. The lowest BCUT2D eigenvalue weighted by Crippen LogP contribution is -2.40. The van der Waals surface area contributed by atoms with Gasteiger partial charge in [-0.2, -0.15) is 0 Å². The van der Waals surface area contributed by atoms with E-state index in [2.05, 4.69) is 5.32 Å². The molecule has 24 heavy (non-hydrogen) atoms. The zero-order chi connectivity index (χ0) is 16.9. The van der Waals surface area contributed by atoms with Gasteiger partial charge >= 0.3 is 0 Å². The normalized spacial score (nSPS) is 15.3. The molecule has 0 saturated carbocycles. The highest BCUT2D eigenvalue weighted by Crippen LogP contribution is 2.20. The molecule has 3 N–H and O–H groups in total. The molecule has 1 aromatic carbocycles. The summed E-state index contributed by atoms with van der Waals surface area (Å²) in [4.78, 5) is 27.3. The maximum atomic E-state index is 12.6. The Morgan fingerprint density at radius 1 is 1.21 bits per heavy atom. The Labute approximate surface area is 145 Å². The number of amides is 2. The van der Waals surface area contributed by atoms with Crippen molar-refractivity contribution in [1.82, 2.24) is 4.90 Å². The Hall–Kier alpha value is -2.18. The lowest BCUT2D eigenvalue weighted by Gasteiger charge is -2.31. The van der Waals surface area contributed by atoms with E-state index in [-0.39, 0.29) is 11.8 Å². The number of carbonyl (C=O) groups excluding carboxylic acids is 2. The molecule has 0 radical (unpaired) electrons. The maximum absolute atomic E-state index is 12.6. The maximum Gasteiger partial charge on any atom is 0.265 e. The van der Waals surface area contributed by atoms with Crippen molar-refractivity contribution in [3.63, 3.8) is 0 Å². The summed E-state index contributed by atoms with van der Waals surface area (Å²) in [6, 6.07) is 10.7. The van der Waals surface area contributed by atoms with Gasteiger partial charge < -0.3 is 16.0 Å². The molecule has 2 amide bonds. The van der Waals surface area contributed by atoms with Crippen molar-refractivity contribution < 1.29 is 9.59 Å². The number of thiophene rings is 1. The first-order valence-corrected chi connectivity index (χ1v) is 8.99. The van der Waals surface area contributed by atoms with E-state index in [1.54, 1.807) is 30.3 Å². The van der Waals surface area contributed by atoms with Crippen molar-refractivity contribution in [2.75, 3.05) is 25.0 Å². The number of benzene rings is 1. The zero-order valence-electron chi connectivity index (χ0n) is 13.4. The van der Waals surface area contributed by atoms with Crippen molar-refractivity contribution >= 4 is 28.8 Å². The second kappa shape index (κ2) is 7.59. The second-order valence-corrected chi connectivity index (χ2v) is 6.93. The molecular weight excluding hydrogens is 322 g/mol. The molecule has 6 heteroatoms. The number of nitrogens with two attached hydrogens (primary N) is 1. The summed E-state index contributed by atoms with van der Waals surface area (Å²) >= 11 is 1.39. The summed E-state index contributed by atoms with van der Waals surface area (Å²) in [6.07, 6.45) is 1.91. The molecule has 0 spiro atoms. The van der Waals surface area contributed by atoms with Crippen LogP contribution >= 0.6 is 11.3 Å². The summed E-state index contributed by atoms with van der Waals surface area (Å²) in [5.41, 5.74) is 6.94. The van der Waals surface area contributed by atoms with Crippen LogP contribution in [-0.2, 0) is 0 Å². The number of hydrogen-bond donors (Lipinski definition) is 2. The summed E-state index contributed by atoms with van der Waals surface area (Å²) in [5, 5.41) is 4.70. The van der Waals surface area contributed by atoms with Crippen LogP contribution in [0.1, 0.15) is 32.9 Å². The van der Waals surface area contributed by atoms with E-state index in [4.69, 9.17) is 5.73 Å². The van der Waals surface area contributed by atoms with E-state index in [1.165, 1.54) is 11.3 Å². The smallest absolute Gasteiger partial charge is 0.265 e. The Morgan fingerprint density at radius 2 is 2.00 bits per heavy atom. The molecule has 1 aliphatic heterocycles. The molecule has 126 valence electrons. The van der Waals surface area contributed by atoms with Crippen molar-refractivity contribution in [2.45, 2.75) is 12.8 Å². The van der Waals surface area contributed by atoms with Gasteiger partial charge in [-0.1, -0.05) is 12.1 Å².